The smallest absolute Gasteiger partial charge is 0.336 e. The van der Waals surface area contributed by atoms with Crippen molar-refractivity contribution in [3.05, 3.63) is 70.8 Å². The summed E-state index contributed by atoms with van der Waals surface area (Å²) in [5.41, 5.74) is 1.31. The Morgan fingerprint density at radius 1 is 0.962 bits per heavy atom. The number of amides is 1. The lowest BCUT2D eigenvalue weighted by Crippen LogP contribution is -2.48. The molecule has 0 N–H and O–H groups in total. The van der Waals surface area contributed by atoms with E-state index in [0.29, 0.717) is 26.2 Å². The summed E-state index contributed by atoms with van der Waals surface area (Å²) in [6.45, 7) is 4.99. The van der Waals surface area contributed by atoms with Crippen LogP contribution in [0.2, 0.25) is 0 Å². The molecule has 0 bridgehead atoms. The van der Waals surface area contributed by atoms with Gasteiger partial charge in [-0.2, -0.15) is 13.2 Å². The molecule has 3 nitrogen and oxygen atoms in total. The zero-order valence-corrected chi connectivity index (χ0v) is 14.6. The Morgan fingerprint density at radius 3 is 2.23 bits per heavy atom. The van der Waals surface area contributed by atoms with Crippen LogP contribution in [0.5, 0.6) is 0 Å². The molecule has 1 heterocycles. The first-order valence-electron chi connectivity index (χ1n) is 8.58. The number of carbonyl (C=O) groups is 1. The summed E-state index contributed by atoms with van der Waals surface area (Å²) in [6.07, 6.45) is -4.53. The van der Waals surface area contributed by atoms with Crippen molar-refractivity contribution < 1.29 is 18.0 Å². The Morgan fingerprint density at radius 2 is 1.58 bits per heavy atom. The van der Waals surface area contributed by atoms with Gasteiger partial charge in [0.25, 0.3) is 5.91 Å². The lowest BCUT2D eigenvalue weighted by Gasteiger charge is -2.35. The van der Waals surface area contributed by atoms with E-state index >= 15 is 0 Å². The van der Waals surface area contributed by atoms with Crippen molar-refractivity contribution in [2.75, 3.05) is 26.2 Å². The molecule has 1 aliphatic heterocycles. The fourth-order valence-electron chi connectivity index (χ4n) is 3.22. The second-order valence-electron chi connectivity index (χ2n) is 6.54. The molecule has 3 rings (SSSR count). The van der Waals surface area contributed by atoms with E-state index in [1.54, 1.807) is 0 Å². The molecule has 6 heteroatoms. The number of benzene rings is 2. The van der Waals surface area contributed by atoms with Crippen LogP contribution < -0.4 is 0 Å². The van der Waals surface area contributed by atoms with Gasteiger partial charge in [-0.1, -0.05) is 36.4 Å². The quantitative estimate of drug-likeness (QED) is 0.825. The number of piperazine rings is 1. The van der Waals surface area contributed by atoms with Gasteiger partial charge in [0.15, 0.2) is 0 Å². The minimum Gasteiger partial charge on any atom is -0.336 e. The Kier molecular flexibility index (Phi) is 5.32. The molecule has 1 aliphatic rings. The Bertz CT molecular complexity index is 781. The van der Waals surface area contributed by atoms with Crippen LogP contribution in [-0.2, 0) is 12.7 Å². The molecular formula is C20H21F3N2O. The Balaban J connectivity index is 1.65. The summed E-state index contributed by atoms with van der Waals surface area (Å²) in [7, 11) is 0. The first-order valence-corrected chi connectivity index (χ1v) is 8.58. The lowest BCUT2D eigenvalue weighted by atomic mass is 10.1. The van der Waals surface area contributed by atoms with E-state index in [4.69, 9.17) is 0 Å². The molecule has 1 amide bonds. The maximum Gasteiger partial charge on any atom is 0.417 e. The van der Waals surface area contributed by atoms with Crippen molar-refractivity contribution in [3.63, 3.8) is 0 Å². The highest BCUT2D eigenvalue weighted by Gasteiger charge is 2.36. The largest absolute Gasteiger partial charge is 0.417 e. The predicted octanol–water partition coefficient (Wildman–Crippen LogP) is 3.97. The first-order chi connectivity index (χ1) is 12.4. The number of hydrogen-bond acceptors (Lipinski definition) is 2. The molecule has 2 aromatic carbocycles. The van der Waals surface area contributed by atoms with Crippen LogP contribution >= 0.6 is 0 Å². The fraction of sp³-hybridized carbons (Fsp3) is 0.350. The van der Waals surface area contributed by atoms with Crippen LogP contribution in [0.25, 0.3) is 0 Å². The highest BCUT2D eigenvalue weighted by atomic mass is 19.4. The van der Waals surface area contributed by atoms with Gasteiger partial charge in [0.2, 0.25) is 0 Å². The summed E-state index contributed by atoms with van der Waals surface area (Å²) in [5, 5.41) is 0. The van der Waals surface area contributed by atoms with Crippen molar-refractivity contribution >= 4 is 5.91 Å². The van der Waals surface area contributed by atoms with E-state index in [9.17, 15) is 18.0 Å². The van der Waals surface area contributed by atoms with Gasteiger partial charge in [0.1, 0.15) is 0 Å². The number of carbonyl (C=O) groups excluding carboxylic acids is 1. The van der Waals surface area contributed by atoms with Gasteiger partial charge in [-0.15, -0.1) is 0 Å². The minimum absolute atomic E-state index is 0.271. The normalized spacial score (nSPS) is 15.9. The monoisotopic (exact) mass is 362 g/mol. The van der Waals surface area contributed by atoms with Crippen LogP contribution in [0.3, 0.4) is 0 Å². The number of nitrogens with zero attached hydrogens (tertiary/aromatic N) is 2. The zero-order chi connectivity index (χ0) is 18.7. The van der Waals surface area contributed by atoms with Crippen LogP contribution in [0.4, 0.5) is 13.2 Å². The SMILES string of the molecule is Cc1ccccc1CN1CCN(C(=O)c2ccccc2C(F)(F)F)CC1. The van der Waals surface area contributed by atoms with Gasteiger partial charge in [-0.3, -0.25) is 9.69 Å². The molecule has 0 atom stereocenters. The standard InChI is InChI=1S/C20H21F3N2O/c1-15-6-2-3-7-16(15)14-24-10-12-25(13-11-24)19(26)17-8-4-5-9-18(17)20(21,22)23/h2-9H,10-14H2,1H3. The summed E-state index contributed by atoms with van der Waals surface area (Å²) in [4.78, 5) is 16.3. The van der Waals surface area contributed by atoms with Crippen molar-refractivity contribution in [2.24, 2.45) is 0 Å². The van der Waals surface area contributed by atoms with E-state index in [1.165, 1.54) is 34.2 Å². The minimum atomic E-state index is -4.53. The molecular weight excluding hydrogens is 341 g/mol. The second kappa shape index (κ2) is 7.50. The highest BCUT2D eigenvalue weighted by Crippen LogP contribution is 2.32. The molecule has 138 valence electrons. The third-order valence-electron chi connectivity index (χ3n) is 4.78. The van der Waals surface area contributed by atoms with Crippen molar-refractivity contribution in [3.8, 4) is 0 Å². The molecule has 0 spiro atoms. The topological polar surface area (TPSA) is 23.6 Å². The van der Waals surface area contributed by atoms with E-state index in [0.717, 1.165) is 12.6 Å². The van der Waals surface area contributed by atoms with E-state index in [-0.39, 0.29) is 5.56 Å². The second-order valence-corrected chi connectivity index (χ2v) is 6.54. The lowest BCUT2D eigenvalue weighted by molar-refractivity contribution is -0.138. The van der Waals surface area contributed by atoms with Crippen molar-refractivity contribution in [1.29, 1.82) is 0 Å². The maximum atomic E-state index is 13.1. The van der Waals surface area contributed by atoms with E-state index < -0.39 is 17.6 Å². The molecule has 1 saturated heterocycles. The summed E-state index contributed by atoms with van der Waals surface area (Å²) >= 11 is 0. The van der Waals surface area contributed by atoms with Crippen molar-refractivity contribution in [2.45, 2.75) is 19.6 Å². The maximum absolute atomic E-state index is 13.1. The number of rotatable bonds is 3. The number of hydrogen-bond donors (Lipinski definition) is 0. The van der Waals surface area contributed by atoms with Crippen LogP contribution in [0, 0.1) is 6.92 Å². The summed E-state index contributed by atoms with van der Waals surface area (Å²) in [5.74, 6) is -0.548. The van der Waals surface area contributed by atoms with Crippen LogP contribution in [0.1, 0.15) is 27.0 Å². The molecule has 26 heavy (non-hydrogen) atoms. The average Bonchev–Trinajstić information content (AvgIpc) is 2.63. The van der Waals surface area contributed by atoms with Crippen LogP contribution in [-0.4, -0.2) is 41.9 Å². The molecule has 1 fully saturated rings. The Hall–Kier alpha value is -2.34. The molecule has 0 aromatic heterocycles. The predicted molar refractivity (Wildman–Crippen MR) is 93.8 cm³/mol. The first kappa shape index (κ1) is 18.5. The van der Waals surface area contributed by atoms with Gasteiger partial charge >= 0.3 is 6.18 Å². The number of alkyl halides is 3. The molecule has 0 aliphatic carbocycles. The number of aryl methyl sites for hydroxylation is 1. The van der Waals surface area contributed by atoms with Gasteiger partial charge in [-0.05, 0) is 30.2 Å². The third-order valence-corrected chi connectivity index (χ3v) is 4.78. The summed E-state index contributed by atoms with van der Waals surface area (Å²) < 4.78 is 39.4. The molecule has 0 saturated carbocycles. The van der Waals surface area contributed by atoms with Gasteiger partial charge in [0.05, 0.1) is 11.1 Å². The van der Waals surface area contributed by atoms with E-state index in [1.807, 2.05) is 12.1 Å². The van der Waals surface area contributed by atoms with Gasteiger partial charge < -0.3 is 4.90 Å². The molecule has 0 unspecified atom stereocenters. The summed E-state index contributed by atoms with van der Waals surface area (Å²) in [6, 6.07) is 13.1. The molecule has 0 radical (unpaired) electrons. The van der Waals surface area contributed by atoms with Crippen molar-refractivity contribution in [1.82, 2.24) is 9.80 Å². The van der Waals surface area contributed by atoms with Crippen LogP contribution in [0.15, 0.2) is 48.5 Å². The fourth-order valence-corrected chi connectivity index (χ4v) is 3.22. The third kappa shape index (κ3) is 4.07. The average molecular weight is 362 g/mol. The number of halogens is 3. The Labute approximate surface area is 151 Å². The zero-order valence-electron chi connectivity index (χ0n) is 14.6. The van der Waals surface area contributed by atoms with Gasteiger partial charge in [0, 0.05) is 32.7 Å². The molecule has 2 aromatic rings. The van der Waals surface area contributed by atoms with Gasteiger partial charge in [-0.25, -0.2) is 0 Å². The highest BCUT2D eigenvalue weighted by molar-refractivity contribution is 5.96. The van der Waals surface area contributed by atoms with E-state index in [2.05, 4.69) is 24.0 Å².